The zero-order valence-electron chi connectivity index (χ0n) is 10.2. The zero-order valence-corrected chi connectivity index (χ0v) is 11.8. The molecule has 1 aromatic rings. The lowest BCUT2D eigenvalue weighted by molar-refractivity contribution is -0.129. The first-order chi connectivity index (χ1) is 7.95. The quantitative estimate of drug-likeness (QED) is 0.924. The van der Waals surface area contributed by atoms with Gasteiger partial charge in [0, 0.05) is 36.6 Å². The van der Waals surface area contributed by atoms with Crippen LogP contribution in [0.25, 0.3) is 0 Å². The van der Waals surface area contributed by atoms with Crippen molar-refractivity contribution >= 4 is 21.8 Å². The van der Waals surface area contributed by atoms with Crippen LogP contribution in [0.5, 0.6) is 5.75 Å². The number of nitrogens with two attached hydrogens (primary N) is 1. The third-order valence-corrected chi connectivity index (χ3v) is 2.98. The summed E-state index contributed by atoms with van der Waals surface area (Å²) in [6.07, 6.45) is 0.264. The number of rotatable bonds is 4. The van der Waals surface area contributed by atoms with E-state index < -0.39 is 0 Å². The van der Waals surface area contributed by atoms with Crippen LogP contribution in [-0.4, -0.2) is 32.0 Å². The summed E-state index contributed by atoms with van der Waals surface area (Å²) in [4.78, 5) is 13.1. The fraction of sp³-hybridized carbons (Fsp3) is 0.417. The number of methoxy groups -OCH3 is 1. The molecule has 0 radical (unpaired) electrons. The number of hydrogen-bond acceptors (Lipinski definition) is 3. The van der Waals surface area contributed by atoms with E-state index >= 15 is 0 Å². The molecule has 0 bridgehead atoms. The number of halogens is 1. The average Bonchev–Trinajstić information content (AvgIpc) is 2.28. The Morgan fingerprint density at radius 2 is 2.18 bits per heavy atom. The number of amides is 1. The molecule has 0 aliphatic heterocycles. The number of carbonyl (C=O) groups excluding carboxylic acids is 1. The molecule has 5 heteroatoms. The summed E-state index contributed by atoms with van der Waals surface area (Å²) < 4.78 is 6.16. The third-order valence-electron chi connectivity index (χ3n) is 2.48. The van der Waals surface area contributed by atoms with Crippen molar-refractivity contribution < 1.29 is 9.53 Å². The lowest BCUT2D eigenvalue weighted by Gasteiger charge is -2.18. The molecule has 0 aliphatic carbocycles. The van der Waals surface area contributed by atoms with Gasteiger partial charge < -0.3 is 15.4 Å². The minimum absolute atomic E-state index is 0.000437. The molecule has 0 fully saturated rings. The summed E-state index contributed by atoms with van der Waals surface area (Å²) in [7, 11) is 5.02. The van der Waals surface area contributed by atoms with E-state index in [1.165, 1.54) is 4.90 Å². The molecule has 0 saturated carbocycles. The molecule has 0 aliphatic rings. The maximum absolute atomic E-state index is 11.6. The van der Waals surface area contributed by atoms with E-state index in [0.717, 1.165) is 10.0 Å². The van der Waals surface area contributed by atoms with Crippen LogP contribution in [0.1, 0.15) is 18.0 Å². The maximum Gasteiger partial charge on any atom is 0.223 e. The van der Waals surface area contributed by atoms with Crippen molar-refractivity contribution in [2.24, 2.45) is 5.73 Å². The second-order valence-corrected chi connectivity index (χ2v) is 4.90. The van der Waals surface area contributed by atoms with Crippen molar-refractivity contribution in [2.45, 2.75) is 12.5 Å². The van der Waals surface area contributed by atoms with Crippen molar-refractivity contribution in [1.82, 2.24) is 4.90 Å². The highest BCUT2D eigenvalue weighted by Gasteiger charge is 2.17. The van der Waals surface area contributed by atoms with Crippen molar-refractivity contribution in [3.8, 4) is 5.75 Å². The molecule has 0 saturated heterocycles. The first-order valence-corrected chi connectivity index (χ1v) is 6.04. The maximum atomic E-state index is 11.6. The van der Waals surface area contributed by atoms with E-state index in [1.54, 1.807) is 21.2 Å². The number of benzene rings is 1. The van der Waals surface area contributed by atoms with E-state index in [2.05, 4.69) is 15.9 Å². The van der Waals surface area contributed by atoms with E-state index in [4.69, 9.17) is 10.5 Å². The van der Waals surface area contributed by atoms with Crippen LogP contribution in [0.4, 0.5) is 0 Å². The van der Waals surface area contributed by atoms with Crippen molar-refractivity contribution in [2.75, 3.05) is 21.2 Å². The van der Waals surface area contributed by atoms with Gasteiger partial charge >= 0.3 is 0 Å². The molecule has 0 aromatic heterocycles. The fourth-order valence-corrected chi connectivity index (χ4v) is 1.85. The Labute approximate surface area is 110 Å². The van der Waals surface area contributed by atoms with E-state index in [0.29, 0.717) is 5.75 Å². The molecule has 94 valence electrons. The van der Waals surface area contributed by atoms with Gasteiger partial charge in [0.05, 0.1) is 7.11 Å². The first-order valence-electron chi connectivity index (χ1n) is 5.25. The van der Waals surface area contributed by atoms with Crippen LogP contribution < -0.4 is 10.5 Å². The van der Waals surface area contributed by atoms with Crippen LogP contribution in [0.3, 0.4) is 0 Å². The second kappa shape index (κ2) is 6.02. The fourth-order valence-electron chi connectivity index (χ4n) is 1.48. The Balaban J connectivity index is 2.91. The number of ether oxygens (including phenoxy) is 1. The topological polar surface area (TPSA) is 55.6 Å². The highest BCUT2D eigenvalue weighted by molar-refractivity contribution is 9.10. The number of hydrogen-bond donors (Lipinski definition) is 1. The Kier molecular flexibility index (Phi) is 4.96. The summed E-state index contributed by atoms with van der Waals surface area (Å²) in [5.74, 6) is 0.701. The molecule has 1 rings (SSSR count). The largest absolute Gasteiger partial charge is 0.496 e. The van der Waals surface area contributed by atoms with Gasteiger partial charge in [0.15, 0.2) is 0 Å². The molecule has 2 N–H and O–H groups in total. The van der Waals surface area contributed by atoms with Crippen LogP contribution in [0.2, 0.25) is 0 Å². The molecular formula is C12H17BrN2O2. The van der Waals surface area contributed by atoms with E-state index in [9.17, 15) is 4.79 Å². The summed E-state index contributed by atoms with van der Waals surface area (Å²) in [5, 5.41) is 0. The number of carbonyl (C=O) groups is 1. The van der Waals surface area contributed by atoms with Crippen molar-refractivity contribution in [1.29, 1.82) is 0 Å². The summed E-state index contributed by atoms with van der Waals surface area (Å²) in [5.41, 5.74) is 6.86. The van der Waals surface area contributed by atoms with Crippen LogP contribution in [-0.2, 0) is 4.79 Å². The summed E-state index contributed by atoms with van der Waals surface area (Å²) in [6, 6.07) is 5.23. The van der Waals surface area contributed by atoms with Crippen molar-refractivity contribution in [3.05, 3.63) is 28.2 Å². The van der Waals surface area contributed by atoms with Crippen LogP contribution in [0, 0.1) is 0 Å². The van der Waals surface area contributed by atoms with Crippen molar-refractivity contribution in [3.63, 3.8) is 0 Å². The third kappa shape index (κ3) is 3.71. The molecule has 1 amide bonds. The Bertz CT molecular complexity index is 407. The van der Waals surface area contributed by atoms with Gasteiger partial charge in [-0.2, -0.15) is 0 Å². The molecule has 1 atom stereocenters. The summed E-state index contributed by atoms with van der Waals surface area (Å²) >= 11 is 3.38. The van der Waals surface area contributed by atoms with Gasteiger partial charge in [-0.1, -0.05) is 15.9 Å². The molecule has 0 spiro atoms. The SMILES string of the molecule is COc1ccc(Br)cc1C(N)CC(=O)N(C)C. The lowest BCUT2D eigenvalue weighted by Crippen LogP contribution is -2.26. The van der Waals surface area contributed by atoms with Gasteiger partial charge in [-0.15, -0.1) is 0 Å². The molecular weight excluding hydrogens is 284 g/mol. The van der Waals surface area contributed by atoms with Gasteiger partial charge in [0.2, 0.25) is 5.91 Å². The standard InChI is InChI=1S/C12H17BrN2O2/c1-15(2)12(16)7-10(14)9-6-8(13)4-5-11(9)17-3/h4-6,10H,7,14H2,1-3H3. The van der Waals surface area contributed by atoms with Gasteiger partial charge in [0.25, 0.3) is 0 Å². The molecule has 17 heavy (non-hydrogen) atoms. The molecule has 1 unspecified atom stereocenters. The predicted octanol–water partition coefficient (Wildman–Crippen LogP) is 1.94. The monoisotopic (exact) mass is 300 g/mol. The minimum Gasteiger partial charge on any atom is -0.496 e. The zero-order chi connectivity index (χ0) is 13.0. The van der Waals surface area contributed by atoms with Gasteiger partial charge in [-0.05, 0) is 18.2 Å². The smallest absolute Gasteiger partial charge is 0.223 e. The highest BCUT2D eigenvalue weighted by Crippen LogP contribution is 2.29. The first kappa shape index (κ1) is 14.0. The van der Waals surface area contributed by atoms with E-state index in [1.807, 2.05) is 18.2 Å². The predicted molar refractivity (Wildman–Crippen MR) is 70.9 cm³/mol. The van der Waals surface area contributed by atoms with Crippen LogP contribution >= 0.6 is 15.9 Å². The Morgan fingerprint density at radius 3 is 2.71 bits per heavy atom. The minimum atomic E-state index is -0.364. The Morgan fingerprint density at radius 1 is 1.53 bits per heavy atom. The summed E-state index contributed by atoms with van der Waals surface area (Å²) in [6.45, 7) is 0. The van der Waals surface area contributed by atoms with Gasteiger partial charge in [-0.3, -0.25) is 4.79 Å². The lowest BCUT2D eigenvalue weighted by atomic mass is 10.0. The van der Waals surface area contributed by atoms with Gasteiger partial charge in [0.1, 0.15) is 5.75 Å². The second-order valence-electron chi connectivity index (χ2n) is 3.99. The normalized spacial score (nSPS) is 12.1. The molecule has 1 aromatic carbocycles. The Hall–Kier alpha value is -1.07. The average molecular weight is 301 g/mol. The number of nitrogens with zero attached hydrogens (tertiary/aromatic N) is 1. The molecule has 0 heterocycles. The molecule has 4 nitrogen and oxygen atoms in total. The van der Waals surface area contributed by atoms with Gasteiger partial charge in [-0.25, -0.2) is 0 Å². The highest BCUT2D eigenvalue weighted by atomic mass is 79.9. The van der Waals surface area contributed by atoms with E-state index in [-0.39, 0.29) is 18.4 Å². The van der Waals surface area contributed by atoms with Crippen LogP contribution in [0.15, 0.2) is 22.7 Å².